The van der Waals surface area contributed by atoms with E-state index < -0.39 is 24.6 Å². The quantitative estimate of drug-likeness (QED) is 0.621. The molecule has 7 heteroatoms. The van der Waals surface area contributed by atoms with Gasteiger partial charge in [0.15, 0.2) is 11.6 Å². The highest BCUT2D eigenvalue weighted by atomic mass is 19.4. The molecule has 1 rings (SSSR count). The molecular formula is C13H17F4NO2. The molecule has 1 aromatic carbocycles. The molecule has 1 aromatic rings. The molecule has 2 N–H and O–H groups in total. The van der Waals surface area contributed by atoms with Crippen LogP contribution in [0.4, 0.5) is 17.6 Å². The number of halogens is 4. The average molecular weight is 295 g/mol. The first-order valence-electron chi connectivity index (χ1n) is 6.04. The van der Waals surface area contributed by atoms with Crippen molar-refractivity contribution in [1.82, 2.24) is 0 Å². The molecular weight excluding hydrogens is 278 g/mol. The number of benzene rings is 1. The minimum Gasteiger partial charge on any atom is -0.494 e. The standard InChI is InChI=1S/C13H17F4NO2/c1-19-12-3-2-9(7-11(12)14)6-10(18)4-5-20-8-13(15,16)17/h2-3,7,10H,4-6,8,18H2,1H3. The highest BCUT2D eigenvalue weighted by Gasteiger charge is 2.27. The van der Waals surface area contributed by atoms with E-state index in [-0.39, 0.29) is 18.8 Å². The average Bonchev–Trinajstić information content (AvgIpc) is 2.34. The third-order valence-corrected chi connectivity index (χ3v) is 2.61. The van der Waals surface area contributed by atoms with Gasteiger partial charge < -0.3 is 15.2 Å². The van der Waals surface area contributed by atoms with Crippen LogP contribution < -0.4 is 10.5 Å². The maximum atomic E-state index is 13.4. The Hall–Kier alpha value is -1.34. The second kappa shape index (κ2) is 7.44. The predicted molar refractivity (Wildman–Crippen MR) is 66.1 cm³/mol. The van der Waals surface area contributed by atoms with Crippen molar-refractivity contribution in [3.63, 3.8) is 0 Å². The highest BCUT2D eigenvalue weighted by molar-refractivity contribution is 5.29. The Labute approximate surface area is 114 Å². The van der Waals surface area contributed by atoms with Crippen LogP contribution in [0.1, 0.15) is 12.0 Å². The van der Waals surface area contributed by atoms with Crippen LogP contribution in [0, 0.1) is 5.82 Å². The smallest absolute Gasteiger partial charge is 0.411 e. The lowest BCUT2D eigenvalue weighted by Crippen LogP contribution is -2.26. The van der Waals surface area contributed by atoms with Crippen LogP contribution in [0.3, 0.4) is 0 Å². The number of nitrogens with two attached hydrogens (primary N) is 1. The Bertz CT molecular complexity index is 423. The van der Waals surface area contributed by atoms with Crippen molar-refractivity contribution in [1.29, 1.82) is 0 Å². The van der Waals surface area contributed by atoms with Gasteiger partial charge in [0, 0.05) is 12.6 Å². The van der Waals surface area contributed by atoms with Crippen molar-refractivity contribution >= 4 is 0 Å². The Kier molecular flexibility index (Phi) is 6.22. The number of methoxy groups -OCH3 is 1. The number of rotatable bonds is 7. The molecule has 0 amide bonds. The van der Waals surface area contributed by atoms with Gasteiger partial charge in [-0.1, -0.05) is 6.07 Å². The van der Waals surface area contributed by atoms with Gasteiger partial charge in [0.25, 0.3) is 0 Å². The summed E-state index contributed by atoms with van der Waals surface area (Å²) in [5.74, 6) is -0.360. The molecule has 0 fully saturated rings. The monoisotopic (exact) mass is 295 g/mol. The first kappa shape index (κ1) is 16.7. The minimum atomic E-state index is -4.33. The summed E-state index contributed by atoms with van der Waals surface area (Å²) in [7, 11) is 1.36. The number of ether oxygens (including phenoxy) is 2. The van der Waals surface area contributed by atoms with E-state index in [9.17, 15) is 17.6 Å². The third-order valence-electron chi connectivity index (χ3n) is 2.61. The molecule has 0 aliphatic heterocycles. The van der Waals surface area contributed by atoms with Gasteiger partial charge in [-0.3, -0.25) is 0 Å². The normalized spacial score (nSPS) is 13.3. The number of alkyl halides is 3. The van der Waals surface area contributed by atoms with Gasteiger partial charge in [0.2, 0.25) is 0 Å². The zero-order valence-corrected chi connectivity index (χ0v) is 11.0. The number of hydrogen-bond acceptors (Lipinski definition) is 3. The molecule has 20 heavy (non-hydrogen) atoms. The Morgan fingerprint density at radius 2 is 2.00 bits per heavy atom. The highest BCUT2D eigenvalue weighted by Crippen LogP contribution is 2.19. The molecule has 0 aromatic heterocycles. The summed E-state index contributed by atoms with van der Waals surface area (Å²) in [4.78, 5) is 0. The summed E-state index contributed by atoms with van der Waals surface area (Å²) in [6.07, 6.45) is -3.71. The van der Waals surface area contributed by atoms with Crippen LogP contribution in [0.2, 0.25) is 0 Å². The second-order valence-electron chi connectivity index (χ2n) is 4.39. The molecule has 0 aliphatic carbocycles. The van der Waals surface area contributed by atoms with Crippen LogP contribution in [0.5, 0.6) is 5.75 Å². The van der Waals surface area contributed by atoms with Crippen LogP contribution in [-0.4, -0.2) is 32.5 Å². The molecule has 0 radical (unpaired) electrons. The summed E-state index contributed by atoms with van der Waals surface area (Å²) in [6, 6.07) is 4.06. The van der Waals surface area contributed by atoms with Crippen molar-refractivity contribution in [2.24, 2.45) is 5.73 Å². The lowest BCUT2D eigenvalue weighted by atomic mass is 10.0. The maximum Gasteiger partial charge on any atom is 0.411 e. The molecule has 0 heterocycles. The first-order valence-corrected chi connectivity index (χ1v) is 6.04. The van der Waals surface area contributed by atoms with Gasteiger partial charge in [-0.2, -0.15) is 13.2 Å². The van der Waals surface area contributed by atoms with Gasteiger partial charge in [0.05, 0.1) is 7.11 Å². The van der Waals surface area contributed by atoms with Gasteiger partial charge in [0.1, 0.15) is 6.61 Å². The van der Waals surface area contributed by atoms with Gasteiger partial charge in [-0.05, 0) is 30.5 Å². The summed E-state index contributed by atoms with van der Waals surface area (Å²) < 4.78 is 58.2. The first-order chi connectivity index (χ1) is 9.31. The summed E-state index contributed by atoms with van der Waals surface area (Å²) in [5, 5.41) is 0. The third kappa shape index (κ3) is 6.21. The van der Waals surface area contributed by atoms with E-state index in [4.69, 9.17) is 10.5 Å². The minimum absolute atomic E-state index is 0.0840. The fourth-order valence-electron chi connectivity index (χ4n) is 1.66. The van der Waals surface area contributed by atoms with Crippen molar-refractivity contribution in [2.45, 2.75) is 25.1 Å². The fourth-order valence-corrected chi connectivity index (χ4v) is 1.66. The summed E-state index contributed by atoms with van der Waals surface area (Å²) >= 11 is 0. The molecule has 0 saturated carbocycles. The van der Waals surface area contributed by atoms with Gasteiger partial charge in [-0.15, -0.1) is 0 Å². The van der Waals surface area contributed by atoms with E-state index in [2.05, 4.69) is 4.74 Å². The molecule has 0 saturated heterocycles. The lowest BCUT2D eigenvalue weighted by molar-refractivity contribution is -0.174. The van der Waals surface area contributed by atoms with Crippen LogP contribution in [0.25, 0.3) is 0 Å². The largest absolute Gasteiger partial charge is 0.494 e. The topological polar surface area (TPSA) is 44.5 Å². The van der Waals surface area contributed by atoms with Gasteiger partial charge in [-0.25, -0.2) is 4.39 Å². The molecule has 114 valence electrons. The molecule has 0 aliphatic rings. The fraction of sp³-hybridized carbons (Fsp3) is 0.538. The van der Waals surface area contributed by atoms with E-state index >= 15 is 0 Å². The van der Waals surface area contributed by atoms with Crippen molar-refractivity contribution in [3.8, 4) is 5.75 Å². The molecule has 3 nitrogen and oxygen atoms in total. The molecule has 1 atom stereocenters. The van der Waals surface area contributed by atoms with E-state index in [1.54, 1.807) is 6.07 Å². The van der Waals surface area contributed by atoms with E-state index in [1.165, 1.54) is 19.2 Å². The van der Waals surface area contributed by atoms with E-state index in [0.717, 1.165) is 0 Å². The van der Waals surface area contributed by atoms with Crippen molar-refractivity contribution in [3.05, 3.63) is 29.6 Å². The predicted octanol–water partition coefficient (Wildman–Crippen LogP) is 2.67. The summed E-state index contributed by atoms with van der Waals surface area (Å²) in [5.41, 5.74) is 6.42. The van der Waals surface area contributed by atoms with Crippen LogP contribution >= 0.6 is 0 Å². The van der Waals surface area contributed by atoms with Crippen LogP contribution in [0.15, 0.2) is 18.2 Å². The SMILES string of the molecule is COc1ccc(CC(N)CCOCC(F)(F)F)cc1F. The second-order valence-corrected chi connectivity index (χ2v) is 4.39. The van der Waals surface area contributed by atoms with Crippen molar-refractivity contribution in [2.75, 3.05) is 20.3 Å². The molecule has 0 bridgehead atoms. The maximum absolute atomic E-state index is 13.4. The lowest BCUT2D eigenvalue weighted by Gasteiger charge is -2.13. The van der Waals surface area contributed by atoms with Crippen molar-refractivity contribution < 1.29 is 27.0 Å². The van der Waals surface area contributed by atoms with Crippen LogP contribution in [-0.2, 0) is 11.2 Å². The Morgan fingerprint density at radius 1 is 1.30 bits per heavy atom. The van der Waals surface area contributed by atoms with E-state index in [1.807, 2.05) is 0 Å². The molecule has 0 spiro atoms. The zero-order chi connectivity index (χ0) is 15.2. The van der Waals surface area contributed by atoms with Gasteiger partial charge >= 0.3 is 6.18 Å². The van der Waals surface area contributed by atoms with E-state index in [0.29, 0.717) is 12.0 Å². The molecule has 1 unspecified atom stereocenters. The summed E-state index contributed by atoms with van der Waals surface area (Å²) in [6.45, 7) is -1.36. The Morgan fingerprint density at radius 3 is 2.55 bits per heavy atom. The number of hydrogen-bond donors (Lipinski definition) is 1. The Balaban J connectivity index is 2.35. The zero-order valence-electron chi connectivity index (χ0n) is 11.0.